The fourth-order valence-corrected chi connectivity index (χ4v) is 5.37. The zero-order valence-electron chi connectivity index (χ0n) is 18.0. The van der Waals surface area contributed by atoms with Crippen molar-refractivity contribution in [2.75, 3.05) is 24.7 Å². The van der Waals surface area contributed by atoms with Crippen molar-refractivity contribution in [2.45, 2.75) is 31.3 Å². The van der Waals surface area contributed by atoms with E-state index in [1.807, 2.05) is 24.3 Å². The summed E-state index contributed by atoms with van der Waals surface area (Å²) in [6, 6.07) is 16.4. The van der Waals surface area contributed by atoms with Gasteiger partial charge in [0.2, 0.25) is 0 Å². The van der Waals surface area contributed by atoms with E-state index < -0.39 is 12.1 Å². The van der Waals surface area contributed by atoms with E-state index >= 15 is 0 Å². The Balaban J connectivity index is 1.35. The van der Waals surface area contributed by atoms with Gasteiger partial charge in [-0.15, -0.1) is 11.3 Å². The quantitative estimate of drug-likeness (QED) is 0.545. The Kier molecular flexibility index (Phi) is 6.11. The number of hydrogen-bond acceptors (Lipinski definition) is 6. The SMILES string of the molecule is O=C(O)Cc1csc(N(CC2CCCO2)C(=O)OCC2c3ccccc3-c3ccccc32)n1. The van der Waals surface area contributed by atoms with Crippen LogP contribution in [0.2, 0.25) is 0 Å². The van der Waals surface area contributed by atoms with Crippen LogP contribution in [0.3, 0.4) is 0 Å². The number of ether oxygens (including phenoxy) is 2. The Morgan fingerprint density at radius 1 is 1.12 bits per heavy atom. The monoisotopic (exact) mass is 464 g/mol. The molecule has 3 aromatic rings. The molecule has 1 atom stereocenters. The number of aromatic nitrogens is 1. The minimum absolute atomic E-state index is 0.0372. The van der Waals surface area contributed by atoms with Gasteiger partial charge in [0.25, 0.3) is 0 Å². The van der Waals surface area contributed by atoms with E-state index in [2.05, 4.69) is 29.2 Å². The molecule has 1 saturated heterocycles. The number of amides is 1. The van der Waals surface area contributed by atoms with E-state index in [0.717, 1.165) is 24.0 Å². The summed E-state index contributed by atoms with van der Waals surface area (Å²) in [6.45, 7) is 1.21. The summed E-state index contributed by atoms with van der Waals surface area (Å²) < 4.78 is 11.6. The Bertz CT molecular complexity index is 1130. The van der Waals surface area contributed by atoms with Gasteiger partial charge in [0.1, 0.15) is 6.61 Å². The maximum Gasteiger partial charge on any atom is 0.416 e. The maximum atomic E-state index is 13.2. The van der Waals surface area contributed by atoms with Crippen molar-refractivity contribution >= 4 is 28.5 Å². The second-order valence-corrected chi connectivity index (χ2v) is 9.08. The Labute approximate surface area is 195 Å². The maximum absolute atomic E-state index is 13.2. The lowest BCUT2D eigenvalue weighted by atomic mass is 9.98. The van der Waals surface area contributed by atoms with Crippen molar-refractivity contribution in [1.29, 1.82) is 0 Å². The predicted octanol–water partition coefficient (Wildman–Crippen LogP) is 4.70. The summed E-state index contributed by atoms with van der Waals surface area (Å²) in [7, 11) is 0. The topological polar surface area (TPSA) is 89.0 Å². The molecule has 0 bridgehead atoms. The minimum Gasteiger partial charge on any atom is -0.481 e. The summed E-state index contributed by atoms with van der Waals surface area (Å²) in [5.41, 5.74) is 5.06. The van der Waals surface area contributed by atoms with Gasteiger partial charge in [0, 0.05) is 17.9 Å². The second-order valence-electron chi connectivity index (χ2n) is 8.24. The minimum atomic E-state index is -0.960. The van der Waals surface area contributed by atoms with Crippen molar-refractivity contribution < 1.29 is 24.2 Å². The van der Waals surface area contributed by atoms with Crippen molar-refractivity contribution in [1.82, 2.24) is 4.98 Å². The van der Waals surface area contributed by atoms with Crippen LogP contribution in [0.15, 0.2) is 53.9 Å². The third-order valence-electron chi connectivity index (χ3n) is 6.07. The largest absolute Gasteiger partial charge is 0.481 e. The summed E-state index contributed by atoms with van der Waals surface area (Å²) in [6.07, 6.45) is 1.04. The molecule has 0 spiro atoms. The molecule has 1 fully saturated rings. The number of fused-ring (bicyclic) bond motifs is 3. The Morgan fingerprint density at radius 2 is 1.82 bits per heavy atom. The molecule has 2 aliphatic rings. The van der Waals surface area contributed by atoms with Gasteiger partial charge >= 0.3 is 12.1 Å². The molecule has 2 aromatic carbocycles. The highest BCUT2D eigenvalue weighted by Gasteiger charge is 2.31. The van der Waals surface area contributed by atoms with Crippen LogP contribution < -0.4 is 4.90 Å². The Hall–Kier alpha value is -3.23. The van der Waals surface area contributed by atoms with E-state index in [1.54, 1.807) is 5.38 Å². The van der Waals surface area contributed by atoms with Crippen LogP contribution in [0, 0.1) is 0 Å². The van der Waals surface area contributed by atoms with Crippen LogP contribution in [-0.4, -0.2) is 48.0 Å². The van der Waals surface area contributed by atoms with Crippen LogP contribution >= 0.6 is 11.3 Å². The van der Waals surface area contributed by atoms with Crippen molar-refractivity contribution in [3.8, 4) is 11.1 Å². The lowest BCUT2D eigenvalue weighted by molar-refractivity contribution is -0.136. The first-order valence-electron chi connectivity index (χ1n) is 11.0. The number of carbonyl (C=O) groups excluding carboxylic acids is 1. The molecular weight excluding hydrogens is 440 g/mol. The molecule has 8 heteroatoms. The first-order valence-corrected chi connectivity index (χ1v) is 11.9. The summed E-state index contributed by atoms with van der Waals surface area (Å²) in [5.74, 6) is -0.997. The highest BCUT2D eigenvalue weighted by molar-refractivity contribution is 7.14. The Morgan fingerprint density at radius 3 is 2.45 bits per heavy atom. The summed E-state index contributed by atoms with van der Waals surface area (Å²) in [4.78, 5) is 30.2. The van der Waals surface area contributed by atoms with Gasteiger partial charge < -0.3 is 14.6 Å². The standard InChI is InChI=1S/C25H24N2O5S/c28-23(29)12-16-15-33-24(26-16)27(13-17-6-5-11-31-17)25(30)32-14-22-20-9-3-1-7-18(20)19-8-2-4-10-21(19)22/h1-4,7-10,15,17,22H,5-6,11-14H2,(H,28,29). The third-order valence-corrected chi connectivity index (χ3v) is 6.98. The normalized spacial score (nSPS) is 16.9. The molecule has 1 unspecified atom stereocenters. The number of carboxylic acid groups (broad SMARTS) is 1. The molecular formula is C25H24N2O5S. The van der Waals surface area contributed by atoms with Gasteiger partial charge in [0.05, 0.1) is 24.8 Å². The number of aliphatic carboxylic acids is 1. The van der Waals surface area contributed by atoms with Gasteiger partial charge in [-0.25, -0.2) is 9.78 Å². The fourth-order valence-electron chi connectivity index (χ4n) is 4.55. The molecule has 0 saturated carbocycles. The fraction of sp³-hybridized carbons (Fsp3) is 0.320. The highest BCUT2D eigenvalue weighted by atomic mass is 32.1. The molecule has 33 heavy (non-hydrogen) atoms. The van der Waals surface area contributed by atoms with Crippen LogP contribution in [0.1, 0.15) is 35.6 Å². The van der Waals surface area contributed by atoms with E-state index in [1.165, 1.54) is 27.4 Å². The first-order chi connectivity index (χ1) is 16.1. The summed E-state index contributed by atoms with van der Waals surface area (Å²) >= 11 is 1.24. The van der Waals surface area contributed by atoms with E-state index in [9.17, 15) is 9.59 Å². The lowest BCUT2D eigenvalue weighted by Gasteiger charge is -2.23. The molecule has 1 amide bonds. The van der Waals surface area contributed by atoms with Crippen LogP contribution in [-0.2, 0) is 20.7 Å². The molecule has 170 valence electrons. The number of anilines is 1. The predicted molar refractivity (Wildman–Crippen MR) is 125 cm³/mol. The van der Waals surface area contributed by atoms with Crippen molar-refractivity contribution in [3.05, 3.63) is 70.7 Å². The van der Waals surface area contributed by atoms with Crippen molar-refractivity contribution in [3.63, 3.8) is 0 Å². The van der Waals surface area contributed by atoms with Gasteiger partial charge in [0.15, 0.2) is 5.13 Å². The second kappa shape index (κ2) is 9.33. The number of hydrogen-bond donors (Lipinski definition) is 1. The molecule has 1 aliphatic heterocycles. The molecule has 1 N–H and O–H groups in total. The number of nitrogens with zero attached hydrogens (tertiary/aromatic N) is 2. The highest BCUT2D eigenvalue weighted by Crippen LogP contribution is 2.44. The number of thiazole rings is 1. The number of carboxylic acids is 1. The average molecular weight is 465 g/mol. The van der Waals surface area contributed by atoms with E-state index in [0.29, 0.717) is 24.0 Å². The molecule has 1 aromatic heterocycles. The zero-order chi connectivity index (χ0) is 22.8. The van der Waals surface area contributed by atoms with Crippen LogP contribution in [0.25, 0.3) is 11.1 Å². The number of rotatable bonds is 7. The van der Waals surface area contributed by atoms with E-state index in [4.69, 9.17) is 14.6 Å². The molecule has 5 rings (SSSR count). The van der Waals surface area contributed by atoms with Gasteiger partial charge in [-0.2, -0.15) is 0 Å². The zero-order valence-corrected chi connectivity index (χ0v) is 18.8. The van der Waals surface area contributed by atoms with Gasteiger partial charge in [-0.3, -0.25) is 9.69 Å². The molecule has 1 aliphatic carbocycles. The lowest BCUT2D eigenvalue weighted by Crippen LogP contribution is -2.38. The molecule has 0 radical (unpaired) electrons. The molecule has 2 heterocycles. The first kappa shape index (κ1) is 21.6. The average Bonchev–Trinajstić information content (AvgIpc) is 3.55. The molecule has 7 nitrogen and oxygen atoms in total. The van der Waals surface area contributed by atoms with Crippen molar-refractivity contribution in [2.24, 2.45) is 0 Å². The number of benzene rings is 2. The van der Waals surface area contributed by atoms with Crippen LogP contribution in [0.5, 0.6) is 0 Å². The van der Waals surface area contributed by atoms with E-state index in [-0.39, 0.29) is 25.0 Å². The smallest absolute Gasteiger partial charge is 0.416 e. The number of carbonyl (C=O) groups is 2. The van der Waals surface area contributed by atoms with Gasteiger partial charge in [-0.05, 0) is 35.1 Å². The van der Waals surface area contributed by atoms with Crippen LogP contribution in [0.4, 0.5) is 9.93 Å². The van der Waals surface area contributed by atoms with Gasteiger partial charge in [-0.1, -0.05) is 48.5 Å². The summed E-state index contributed by atoms with van der Waals surface area (Å²) in [5, 5.41) is 11.2. The third kappa shape index (κ3) is 4.49.